The summed E-state index contributed by atoms with van der Waals surface area (Å²) in [6, 6.07) is 14.0. The number of fused-ring (bicyclic) bond motifs is 3. The van der Waals surface area contributed by atoms with Crippen LogP contribution in [0.2, 0.25) is 0 Å². The first kappa shape index (κ1) is 21.0. The van der Waals surface area contributed by atoms with Crippen molar-refractivity contribution in [3.63, 3.8) is 0 Å². The van der Waals surface area contributed by atoms with Crippen molar-refractivity contribution in [2.24, 2.45) is 0 Å². The molecule has 0 spiro atoms. The Morgan fingerprint density at radius 3 is 2.91 bits per heavy atom. The van der Waals surface area contributed by atoms with Gasteiger partial charge in [0.15, 0.2) is 10.8 Å². The van der Waals surface area contributed by atoms with E-state index in [0.29, 0.717) is 32.9 Å². The number of carbonyl (C=O) groups is 1. The number of non-ortho nitro benzene ring substituents is 1. The van der Waals surface area contributed by atoms with E-state index in [-0.39, 0.29) is 18.0 Å². The highest BCUT2D eigenvalue weighted by Gasteiger charge is 2.13. The molecule has 164 valence electrons. The van der Waals surface area contributed by atoms with Crippen LogP contribution < -0.4 is 5.32 Å². The van der Waals surface area contributed by atoms with E-state index in [2.05, 4.69) is 30.5 Å². The van der Waals surface area contributed by atoms with Crippen LogP contribution in [0, 0.1) is 10.1 Å². The lowest BCUT2D eigenvalue weighted by atomic mass is 10.1. The molecule has 5 rings (SSSR count). The van der Waals surface area contributed by atoms with Crippen molar-refractivity contribution < 1.29 is 9.72 Å². The quantitative estimate of drug-likeness (QED) is 0.196. The highest BCUT2D eigenvalue weighted by molar-refractivity contribution is 7.99. The molecule has 10 nitrogen and oxygen atoms in total. The molecule has 1 amide bonds. The number of anilines is 1. The van der Waals surface area contributed by atoms with Gasteiger partial charge in [-0.25, -0.2) is 9.97 Å². The van der Waals surface area contributed by atoms with E-state index in [1.54, 1.807) is 17.5 Å². The van der Waals surface area contributed by atoms with Crippen LogP contribution in [0.25, 0.3) is 33.3 Å². The molecule has 0 atom stereocenters. The van der Waals surface area contributed by atoms with Crippen LogP contribution in [0.15, 0.2) is 59.1 Å². The number of hydrogen-bond donors (Lipinski definition) is 2. The monoisotopic (exact) mass is 477 g/mol. The zero-order valence-electron chi connectivity index (χ0n) is 16.9. The predicted octanol–water partition coefficient (Wildman–Crippen LogP) is 4.66. The van der Waals surface area contributed by atoms with Crippen molar-refractivity contribution in [3.8, 4) is 11.3 Å². The minimum Gasteiger partial charge on any atom is -0.338 e. The number of hydrogen-bond acceptors (Lipinski definition) is 9. The van der Waals surface area contributed by atoms with Gasteiger partial charge in [0.25, 0.3) is 5.69 Å². The van der Waals surface area contributed by atoms with Gasteiger partial charge in [-0.05, 0) is 6.07 Å². The summed E-state index contributed by atoms with van der Waals surface area (Å²) >= 11 is 2.61. The van der Waals surface area contributed by atoms with Gasteiger partial charge in [-0.3, -0.25) is 14.9 Å². The van der Waals surface area contributed by atoms with Crippen molar-refractivity contribution in [2.75, 3.05) is 11.1 Å². The lowest BCUT2D eigenvalue weighted by molar-refractivity contribution is -0.384. The number of nitrogens with one attached hydrogen (secondary N) is 2. The molecule has 5 aromatic rings. The second-order valence-electron chi connectivity index (χ2n) is 6.95. The lowest BCUT2D eigenvalue weighted by Gasteiger charge is -2.01. The van der Waals surface area contributed by atoms with Gasteiger partial charge in [0, 0.05) is 46.2 Å². The number of rotatable bonds is 7. The maximum atomic E-state index is 12.3. The third-order valence-corrected chi connectivity index (χ3v) is 6.36. The number of thiazole rings is 1. The topological polar surface area (TPSA) is 140 Å². The number of amides is 1. The molecule has 0 bridgehead atoms. The Morgan fingerprint density at radius 2 is 2.03 bits per heavy atom. The summed E-state index contributed by atoms with van der Waals surface area (Å²) in [6.45, 7) is 0. The summed E-state index contributed by atoms with van der Waals surface area (Å²) in [5.41, 5.74) is 3.51. The molecule has 3 aromatic heterocycles. The van der Waals surface area contributed by atoms with Crippen LogP contribution in [-0.4, -0.2) is 41.7 Å². The summed E-state index contributed by atoms with van der Waals surface area (Å²) in [4.78, 5) is 34.9. The van der Waals surface area contributed by atoms with Gasteiger partial charge in [0.2, 0.25) is 11.1 Å². The van der Waals surface area contributed by atoms with Gasteiger partial charge in [-0.15, -0.1) is 21.5 Å². The van der Waals surface area contributed by atoms with Gasteiger partial charge < -0.3 is 10.3 Å². The Bertz CT molecular complexity index is 1500. The maximum Gasteiger partial charge on any atom is 0.270 e. The Morgan fingerprint density at radius 1 is 1.15 bits per heavy atom. The molecule has 12 heteroatoms. The van der Waals surface area contributed by atoms with Crippen LogP contribution in [0.1, 0.15) is 6.42 Å². The Labute approximate surface area is 194 Å². The molecule has 33 heavy (non-hydrogen) atoms. The molecule has 0 aliphatic rings. The standard InChI is InChI=1S/C21H15N7O3S2/c29-17(24-20-23-16(11-33-20)12-4-3-5-13(10-12)28(30)31)8-9-32-21-25-19-18(26-27-21)14-6-1-2-7-15(14)22-19/h1-7,10-11H,8-9H2,(H,22,25,27)(H,23,24,29). The van der Waals surface area contributed by atoms with Gasteiger partial charge >= 0.3 is 0 Å². The minimum absolute atomic E-state index is 0.00884. The van der Waals surface area contributed by atoms with Gasteiger partial charge in [0.1, 0.15) is 5.52 Å². The number of H-pyrrole nitrogens is 1. The molecule has 2 N–H and O–H groups in total. The number of nitro groups is 1. The summed E-state index contributed by atoms with van der Waals surface area (Å²) in [5, 5.41) is 25.8. The van der Waals surface area contributed by atoms with Crippen molar-refractivity contribution >= 4 is 61.9 Å². The predicted molar refractivity (Wildman–Crippen MR) is 127 cm³/mol. The molecular weight excluding hydrogens is 462 g/mol. The van der Waals surface area contributed by atoms with E-state index in [9.17, 15) is 14.9 Å². The highest BCUT2D eigenvalue weighted by atomic mass is 32.2. The number of para-hydroxylation sites is 1. The van der Waals surface area contributed by atoms with Crippen LogP contribution in [0.4, 0.5) is 10.8 Å². The van der Waals surface area contributed by atoms with Crippen LogP contribution in [0.3, 0.4) is 0 Å². The lowest BCUT2D eigenvalue weighted by Crippen LogP contribution is -2.12. The van der Waals surface area contributed by atoms with E-state index < -0.39 is 4.92 Å². The Kier molecular flexibility index (Phi) is 5.67. The van der Waals surface area contributed by atoms with E-state index in [1.807, 2.05) is 24.3 Å². The third-order valence-electron chi connectivity index (χ3n) is 4.77. The summed E-state index contributed by atoms with van der Waals surface area (Å²) in [6.07, 6.45) is 0.241. The van der Waals surface area contributed by atoms with Crippen LogP contribution in [-0.2, 0) is 4.79 Å². The van der Waals surface area contributed by atoms with Gasteiger partial charge in [0.05, 0.1) is 10.6 Å². The number of nitrogens with zero attached hydrogens (tertiary/aromatic N) is 5. The fourth-order valence-corrected chi connectivity index (χ4v) is 4.69. The zero-order valence-corrected chi connectivity index (χ0v) is 18.5. The molecule has 2 aromatic carbocycles. The van der Waals surface area contributed by atoms with Gasteiger partial charge in [-0.2, -0.15) is 0 Å². The maximum absolute atomic E-state index is 12.3. The first-order chi connectivity index (χ1) is 16.1. The van der Waals surface area contributed by atoms with Crippen molar-refractivity contribution in [3.05, 3.63) is 64.0 Å². The molecule has 0 radical (unpaired) electrons. The second-order valence-corrected chi connectivity index (χ2v) is 8.87. The fraction of sp³-hybridized carbons (Fsp3) is 0.0952. The zero-order chi connectivity index (χ0) is 22.8. The average Bonchev–Trinajstić information content (AvgIpc) is 3.43. The minimum atomic E-state index is -0.453. The van der Waals surface area contributed by atoms with Crippen LogP contribution >= 0.6 is 23.1 Å². The van der Waals surface area contributed by atoms with E-state index in [0.717, 1.165) is 16.4 Å². The molecule has 0 saturated heterocycles. The molecule has 0 aliphatic carbocycles. The second kappa shape index (κ2) is 8.92. The Hall–Kier alpha value is -3.90. The summed E-state index contributed by atoms with van der Waals surface area (Å²) in [5.74, 6) is 0.282. The number of carbonyl (C=O) groups excluding carboxylic acids is 1. The number of benzene rings is 2. The van der Waals surface area contributed by atoms with Crippen molar-refractivity contribution in [1.82, 2.24) is 25.1 Å². The van der Waals surface area contributed by atoms with Crippen molar-refractivity contribution in [2.45, 2.75) is 11.6 Å². The normalized spacial score (nSPS) is 11.2. The molecule has 0 unspecified atom stereocenters. The van der Waals surface area contributed by atoms with E-state index in [4.69, 9.17) is 0 Å². The molecule has 3 heterocycles. The first-order valence-corrected chi connectivity index (χ1v) is 11.7. The van der Waals surface area contributed by atoms with E-state index in [1.165, 1.54) is 35.2 Å². The molecule has 0 saturated carbocycles. The molecular formula is C21H15N7O3S2. The largest absolute Gasteiger partial charge is 0.338 e. The average molecular weight is 478 g/mol. The van der Waals surface area contributed by atoms with E-state index >= 15 is 0 Å². The number of nitro benzene ring substituents is 1. The first-order valence-electron chi connectivity index (χ1n) is 9.81. The number of aromatic nitrogens is 5. The molecule has 0 fully saturated rings. The fourth-order valence-electron chi connectivity index (χ4n) is 3.23. The number of aromatic amines is 1. The van der Waals surface area contributed by atoms with Crippen LogP contribution in [0.5, 0.6) is 0 Å². The van der Waals surface area contributed by atoms with Gasteiger partial charge in [-0.1, -0.05) is 42.1 Å². The summed E-state index contributed by atoms with van der Waals surface area (Å²) < 4.78 is 0. The smallest absolute Gasteiger partial charge is 0.270 e. The van der Waals surface area contributed by atoms with Crippen molar-refractivity contribution in [1.29, 1.82) is 0 Å². The SMILES string of the molecule is O=C(CCSc1nnc2c(n1)[nH]c1ccccc12)Nc1nc(-c2cccc([N+](=O)[O-])c2)cs1. The summed E-state index contributed by atoms with van der Waals surface area (Å²) in [7, 11) is 0. The molecule has 0 aliphatic heterocycles. The Balaban J connectivity index is 1.18. The number of thioether (sulfide) groups is 1. The third kappa shape index (κ3) is 4.52. The highest BCUT2D eigenvalue weighted by Crippen LogP contribution is 2.28.